The zero-order valence-electron chi connectivity index (χ0n) is 16.9. The molecular formula is C23H43NO. The molecule has 0 radical (unpaired) electrons. The maximum atomic E-state index is 11.2. The number of allylic oxidation sites excluding steroid dienone is 2. The van der Waals surface area contributed by atoms with Gasteiger partial charge in [0.15, 0.2) is 0 Å². The Hall–Kier alpha value is -0.630. The number of carbonyl (C=O) groups is 1. The SMILES string of the molecule is CCCCCCCC/C=C/CCCCCCCCNC1CCC(=O)C1. The number of unbranched alkanes of at least 4 members (excludes halogenated alkanes) is 12. The molecule has 0 aliphatic heterocycles. The molecule has 1 unspecified atom stereocenters. The van der Waals surface area contributed by atoms with Gasteiger partial charge >= 0.3 is 0 Å². The van der Waals surface area contributed by atoms with E-state index in [1.807, 2.05) is 0 Å². The maximum Gasteiger partial charge on any atom is 0.134 e. The summed E-state index contributed by atoms with van der Waals surface area (Å²) in [5, 5.41) is 3.53. The quantitative estimate of drug-likeness (QED) is 0.233. The van der Waals surface area contributed by atoms with Crippen molar-refractivity contribution < 1.29 is 4.79 Å². The van der Waals surface area contributed by atoms with E-state index in [4.69, 9.17) is 0 Å². The molecule has 0 aromatic rings. The van der Waals surface area contributed by atoms with Gasteiger partial charge in [0.1, 0.15) is 5.78 Å². The summed E-state index contributed by atoms with van der Waals surface area (Å²) in [5.41, 5.74) is 0. The molecule has 1 atom stereocenters. The standard InChI is InChI=1S/C23H43NO/c1-2-3-4-5-6-7-8-9-10-11-12-13-14-15-16-17-20-24-22-18-19-23(25)21-22/h9-10,22,24H,2-8,11-21H2,1H3/b10-9+. The summed E-state index contributed by atoms with van der Waals surface area (Å²) in [4.78, 5) is 11.2. The van der Waals surface area contributed by atoms with Crippen molar-refractivity contribution >= 4 is 5.78 Å². The van der Waals surface area contributed by atoms with Crippen molar-refractivity contribution in [2.75, 3.05) is 6.54 Å². The van der Waals surface area contributed by atoms with Crippen LogP contribution in [0.4, 0.5) is 0 Å². The van der Waals surface area contributed by atoms with Gasteiger partial charge in [0, 0.05) is 18.9 Å². The summed E-state index contributed by atoms with van der Waals surface area (Å²) in [7, 11) is 0. The molecule has 0 bridgehead atoms. The number of hydrogen-bond acceptors (Lipinski definition) is 2. The molecule has 1 aliphatic carbocycles. The van der Waals surface area contributed by atoms with E-state index in [-0.39, 0.29) is 0 Å². The minimum Gasteiger partial charge on any atom is -0.314 e. The van der Waals surface area contributed by atoms with Gasteiger partial charge in [-0.2, -0.15) is 0 Å². The third-order valence-corrected chi connectivity index (χ3v) is 5.37. The van der Waals surface area contributed by atoms with Gasteiger partial charge in [-0.15, -0.1) is 0 Å². The van der Waals surface area contributed by atoms with Crippen LogP contribution >= 0.6 is 0 Å². The normalized spacial score (nSPS) is 17.8. The third-order valence-electron chi connectivity index (χ3n) is 5.37. The van der Waals surface area contributed by atoms with E-state index in [0.29, 0.717) is 11.8 Å². The Balaban J connectivity index is 1.71. The second-order valence-corrected chi connectivity index (χ2v) is 7.87. The predicted molar refractivity (Wildman–Crippen MR) is 110 cm³/mol. The second kappa shape index (κ2) is 16.8. The fourth-order valence-electron chi connectivity index (χ4n) is 3.67. The van der Waals surface area contributed by atoms with Crippen LogP contribution in [0.15, 0.2) is 12.2 Å². The van der Waals surface area contributed by atoms with E-state index in [1.54, 1.807) is 0 Å². The maximum absolute atomic E-state index is 11.2. The first-order valence-corrected chi connectivity index (χ1v) is 11.2. The van der Waals surface area contributed by atoms with E-state index in [1.165, 1.54) is 89.9 Å². The Kier molecular flexibility index (Phi) is 15.1. The lowest BCUT2D eigenvalue weighted by molar-refractivity contribution is -0.117. The summed E-state index contributed by atoms with van der Waals surface area (Å²) < 4.78 is 0. The van der Waals surface area contributed by atoms with Crippen molar-refractivity contribution in [3.63, 3.8) is 0 Å². The molecular weight excluding hydrogens is 306 g/mol. The zero-order chi connectivity index (χ0) is 18.0. The van der Waals surface area contributed by atoms with Crippen LogP contribution < -0.4 is 5.32 Å². The van der Waals surface area contributed by atoms with Crippen molar-refractivity contribution in [2.24, 2.45) is 0 Å². The highest BCUT2D eigenvalue weighted by Gasteiger charge is 2.20. The number of Topliss-reactive ketones (excluding diaryl/α,β-unsaturated/α-hetero) is 1. The molecule has 1 saturated carbocycles. The van der Waals surface area contributed by atoms with E-state index < -0.39 is 0 Å². The fourth-order valence-corrected chi connectivity index (χ4v) is 3.67. The van der Waals surface area contributed by atoms with Crippen molar-refractivity contribution in [3.05, 3.63) is 12.2 Å². The minimum atomic E-state index is 0.443. The van der Waals surface area contributed by atoms with Gasteiger partial charge < -0.3 is 5.32 Å². The Labute approximate surface area is 157 Å². The number of ketones is 1. The molecule has 2 heteroatoms. The molecule has 1 N–H and O–H groups in total. The highest BCUT2D eigenvalue weighted by Crippen LogP contribution is 2.14. The lowest BCUT2D eigenvalue weighted by atomic mass is 10.1. The first-order chi connectivity index (χ1) is 12.3. The fraction of sp³-hybridized carbons (Fsp3) is 0.870. The Bertz CT molecular complexity index is 337. The number of rotatable bonds is 17. The number of hydrogen-bond donors (Lipinski definition) is 1. The van der Waals surface area contributed by atoms with E-state index in [9.17, 15) is 4.79 Å². The molecule has 1 aliphatic rings. The summed E-state index contributed by atoms with van der Waals surface area (Å²) >= 11 is 0. The van der Waals surface area contributed by atoms with Crippen LogP contribution in [0.1, 0.15) is 116 Å². The smallest absolute Gasteiger partial charge is 0.134 e. The average molecular weight is 350 g/mol. The summed E-state index contributed by atoms with van der Waals surface area (Å²) in [6.45, 7) is 3.38. The first-order valence-electron chi connectivity index (χ1n) is 11.2. The van der Waals surface area contributed by atoms with Crippen LogP contribution in [0.3, 0.4) is 0 Å². The first kappa shape index (κ1) is 22.4. The van der Waals surface area contributed by atoms with Crippen LogP contribution in [0, 0.1) is 0 Å². The molecule has 0 amide bonds. The van der Waals surface area contributed by atoms with Gasteiger partial charge in [0.2, 0.25) is 0 Å². The summed E-state index contributed by atoms with van der Waals surface area (Å²) in [6, 6.07) is 0.482. The van der Waals surface area contributed by atoms with Gasteiger partial charge in [-0.1, -0.05) is 76.9 Å². The second-order valence-electron chi connectivity index (χ2n) is 7.87. The lowest BCUT2D eigenvalue weighted by Gasteiger charge is -2.10. The number of carbonyl (C=O) groups excluding carboxylic acids is 1. The molecule has 146 valence electrons. The summed E-state index contributed by atoms with van der Waals surface area (Å²) in [6.07, 6.45) is 26.5. The molecule has 25 heavy (non-hydrogen) atoms. The molecule has 1 rings (SSSR count). The van der Waals surface area contributed by atoms with Gasteiger partial charge in [0.05, 0.1) is 0 Å². The van der Waals surface area contributed by atoms with E-state index in [0.717, 1.165) is 25.8 Å². The van der Waals surface area contributed by atoms with E-state index in [2.05, 4.69) is 24.4 Å². The highest BCUT2D eigenvalue weighted by molar-refractivity contribution is 5.81. The molecule has 0 saturated heterocycles. The van der Waals surface area contributed by atoms with Crippen molar-refractivity contribution in [1.29, 1.82) is 0 Å². The average Bonchev–Trinajstić information content (AvgIpc) is 3.03. The predicted octanol–water partition coefficient (Wildman–Crippen LogP) is 6.74. The van der Waals surface area contributed by atoms with Gasteiger partial charge in [-0.25, -0.2) is 0 Å². The number of nitrogens with one attached hydrogen (secondary N) is 1. The van der Waals surface area contributed by atoms with Crippen molar-refractivity contribution in [1.82, 2.24) is 5.32 Å². The molecule has 0 aromatic heterocycles. The van der Waals surface area contributed by atoms with Gasteiger partial charge in [-0.3, -0.25) is 4.79 Å². The molecule has 0 aromatic carbocycles. The van der Waals surface area contributed by atoms with E-state index >= 15 is 0 Å². The Morgan fingerprint density at radius 1 is 0.840 bits per heavy atom. The summed E-state index contributed by atoms with van der Waals surface area (Å²) in [5.74, 6) is 0.443. The lowest BCUT2D eigenvalue weighted by Crippen LogP contribution is -2.27. The van der Waals surface area contributed by atoms with Crippen molar-refractivity contribution in [2.45, 2.75) is 122 Å². The van der Waals surface area contributed by atoms with Gasteiger partial charge in [-0.05, 0) is 45.1 Å². The van der Waals surface area contributed by atoms with Crippen LogP contribution in [0.2, 0.25) is 0 Å². The largest absolute Gasteiger partial charge is 0.314 e. The van der Waals surface area contributed by atoms with Crippen LogP contribution in [-0.2, 0) is 4.79 Å². The van der Waals surface area contributed by atoms with Crippen LogP contribution in [0.25, 0.3) is 0 Å². The zero-order valence-corrected chi connectivity index (χ0v) is 16.9. The molecule has 0 heterocycles. The third kappa shape index (κ3) is 14.2. The molecule has 0 spiro atoms. The van der Waals surface area contributed by atoms with Gasteiger partial charge in [0.25, 0.3) is 0 Å². The molecule has 1 fully saturated rings. The Morgan fingerprint density at radius 2 is 1.40 bits per heavy atom. The topological polar surface area (TPSA) is 29.1 Å². The van der Waals surface area contributed by atoms with Crippen molar-refractivity contribution in [3.8, 4) is 0 Å². The monoisotopic (exact) mass is 349 g/mol. The van der Waals surface area contributed by atoms with Crippen LogP contribution in [0.5, 0.6) is 0 Å². The minimum absolute atomic E-state index is 0.443. The molecule has 2 nitrogen and oxygen atoms in total. The highest BCUT2D eigenvalue weighted by atomic mass is 16.1. The Morgan fingerprint density at radius 3 is 1.96 bits per heavy atom. The van der Waals surface area contributed by atoms with Crippen LogP contribution in [-0.4, -0.2) is 18.4 Å².